The van der Waals surface area contributed by atoms with E-state index in [9.17, 15) is 24.5 Å². The summed E-state index contributed by atoms with van der Waals surface area (Å²) in [4.78, 5) is 46.8. The van der Waals surface area contributed by atoms with Crippen LogP contribution >= 0.6 is 11.8 Å². The molecule has 0 unspecified atom stereocenters. The van der Waals surface area contributed by atoms with Crippen LogP contribution in [0, 0.1) is 17.0 Å². The molecule has 10 heteroatoms. The van der Waals surface area contributed by atoms with E-state index >= 15 is 0 Å². The molecular formula is C18H15N3O6S. The van der Waals surface area contributed by atoms with Crippen LogP contribution in [0.5, 0.6) is 0 Å². The number of fused-ring (bicyclic) bond motifs is 1. The first-order valence-electron chi connectivity index (χ1n) is 8.12. The zero-order valence-corrected chi connectivity index (χ0v) is 15.5. The Hall–Kier alpha value is -3.40. The summed E-state index contributed by atoms with van der Waals surface area (Å²) >= 11 is 1.36. The number of aryl methyl sites for hydroxylation is 1. The van der Waals surface area contributed by atoms with Crippen molar-refractivity contribution in [1.82, 2.24) is 0 Å². The Morgan fingerprint density at radius 2 is 2.07 bits per heavy atom. The van der Waals surface area contributed by atoms with Crippen LogP contribution in [0.2, 0.25) is 0 Å². The lowest BCUT2D eigenvalue weighted by molar-refractivity contribution is -0.385. The summed E-state index contributed by atoms with van der Waals surface area (Å²) < 4.78 is 4.98. The Bertz CT molecular complexity index is 991. The minimum absolute atomic E-state index is 0.122. The van der Waals surface area contributed by atoms with Gasteiger partial charge in [0.25, 0.3) is 11.6 Å². The molecule has 144 valence electrons. The number of rotatable bonds is 5. The molecule has 2 amide bonds. The predicted molar refractivity (Wildman–Crippen MR) is 103 cm³/mol. The van der Waals surface area contributed by atoms with Gasteiger partial charge in [0.15, 0.2) is 6.61 Å². The third-order valence-corrected chi connectivity index (χ3v) is 4.95. The Balaban J connectivity index is 1.60. The summed E-state index contributed by atoms with van der Waals surface area (Å²) in [6.07, 6.45) is 0. The summed E-state index contributed by atoms with van der Waals surface area (Å²) in [6.45, 7) is 1.03. The lowest BCUT2D eigenvalue weighted by Crippen LogP contribution is -2.22. The Morgan fingerprint density at radius 3 is 2.82 bits per heavy atom. The van der Waals surface area contributed by atoms with E-state index in [1.165, 1.54) is 36.0 Å². The number of hydrogen-bond acceptors (Lipinski definition) is 7. The SMILES string of the molecule is Cc1ccc(NC(=O)COC(=O)c2ccc3c(c2)NC(=O)CS3)cc1[N+](=O)[O-]. The molecule has 0 bridgehead atoms. The second kappa shape index (κ2) is 8.09. The average molecular weight is 401 g/mol. The molecule has 0 aromatic heterocycles. The second-order valence-electron chi connectivity index (χ2n) is 5.93. The monoisotopic (exact) mass is 401 g/mol. The minimum Gasteiger partial charge on any atom is -0.452 e. The number of carbonyl (C=O) groups excluding carboxylic acids is 3. The van der Waals surface area contributed by atoms with Crippen LogP contribution in [-0.4, -0.2) is 35.1 Å². The molecule has 0 saturated heterocycles. The topological polar surface area (TPSA) is 128 Å². The maximum atomic E-state index is 12.1. The summed E-state index contributed by atoms with van der Waals surface area (Å²) in [7, 11) is 0. The number of thioether (sulfide) groups is 1. The predicted octanol–water partition coefficient (Wildman–Crippen LogP) is 2.74. The number of amides is 2. The Labute approximate surface area is 163 Å². The van der Waals surface area contributed by atoms with Crippen molar-refractivity contribution in [1.29, 1.82) is 0 Å². The van der Waals surface area contributed by atoms with Gasteiger partial charge in [0.2, 0.25) is 5.91 Å². The number of nitro benzene ring substituents is 1. The van der Waals surface area contributed by atoms with Gasteiger partial charge in [-0.3, -0.25) is 19.7 Å². The smallest absolute Gasteiger partial charge is 0.338 e. The van der Waals surface area contributed by atoms with Crippen molar-refractivity contribution in [3.05, 3.63) is 57.6 Å². The number of anilines is 2. The minimum atomic E-state index is -0.724. The average Bonchev–Trinajstić information content (AvgIpc) is 2.66. The van der Waals surface area contributed by atoms with Gasteiger partial charge in [-0.05, 0) is 31.2 Å². The third kappa shape index (κ3) is 4.46. The standard InChI is InChI=1S/C18H15N3O6S/c1-10-2-4-12(7-14(10)21(25)26)19-16(22)8-27-18(24)11-3-5-15-13(6-11)20-17(23)9-28-15/h2-7H,8-9H2,1H3,(H,19,22)(H,20,23). The molecule has 0 aliphatic carbocycles. The van der Waals surface area contributed by atoms with Crippen LogP contribution < -0.4 is 10.6 Å². The molecule has 0 saturated carbocycles. The second-order valence-corrected chi connectivity index (χ2v) is 6.95. The van der Waals surface area contributed by atoms with Crippen LogP contribution in [0.15, 0.2) is 41.3 Å². The van der Waals surface area contributed by atoms with Crippen molar-refractivity contribution in [2.75, 3.05) is 23.0 Å². The Morgan fingerprint density at radius 1 is 1.29 bits per heavy atom. The first kappa shape index (κ1) is 19.4. The van der Waals surface area contributed by atoms with Crippen LogP contribution in [0.25, 0.3) is 0 Å². The van der Waals surface area contributed by atoms with E-state index in [0.29, 0.717) is 17.0 Å². The quantitative estimate of drug-likeness (QED) is 0.448. The van der Waals surface area contributed by atoms with Crippen molar-refractivity contribution in [3.63, 3.8) is 0 Å². The molecule has 0 atom stereocenters. The fourth-order valence-corrected chi connectivity index (χ4v) is 3.29. The number of nitro groups is 1. The first-order chi connectivity index (χ1) is 13.3. The van der Waals surface area contributed by atoms with Gasteiger partial charge < -0.3 is 15.4 Å². The van der Waals surface area contributed by atoms with E-state index in [1.807, 2.05) is 0 Å². The van der Waals surface area contributed by atoms with E-state index in [2.05, 4.69) is 10.6 Å². The number of nitrogens with one attached hydrogen (secondary N) is 2. The third-order valence-electron chi connectivity index (χ3n) is 3.87. The maximum Gasteiger partial charge on any atom is 0.338 e. The van der Waals surface area contributed by atoms with Gasteiger partial charge in [0, 0.05) is 22.2 Å². The summed E-state index contributed by atoms with van der Waals surface area (Å²) in [5.74, 6) is -1.20. The fourth-order valence-electron chi connectivity index (χ4n) is 2.51. The van der Waals surface area contributed by atoms with Gasteiger partial charge in [-0.15, -0.1) is 11.8 Å². The number of benzene rings is 2. The molecule has 0 radical (unpaired) electrons. The lowest BCUT2D eigenvalue weighted by atomic mass is 10.2. The number of carbonyl (C=O) groups is 3. The van der Waals surface area contributed by atoms with Crippen molar-refractivity contribution >= 4 is 46.6 Å². The molecule has 2 N–H and O–H groups in total. The van der Waals surface area contributed by atoms with Crippen LogP contribution in [0.1, 0.15) is 15.9 Å². The van der Waals surface area contributed by atoms with Gasteiger partial charge in [-0.1, -0.05) is 6.07 Å². The van der Waals surface area contributed by atoms with Gasteiger partial charge in [-0.2, -0.15) is 0 Å². The van der Waals surface area contributed by atoms with Gasteiger partial charge >= 0.3 is 5.97 Å². The number of ether oxygens (including phenoxy) is 1. The highest BCUT2D eigenvalue weighted by molar-refractivity contribution is 8.00. The van der Waals surface area contributed by atoms with Gasteiger partial charge in [-0.25, -0.2) is 4.79 Å². The molecule has 2 aromatic rings. The van der Waals surface area contributed by atoms with E-state index in [-0.39, 0.29) is 22.8 Å². The molecular weight excluding hydrogens is 386 g/mol. The first-order valence-corrected chi connectivity index (χ1v) is 9.11. The van der Waals surface area contributed by atoms with E-state index in [4.69, 9.17) is 4.74 Å². The fraction of sp³-hybridized carbons (Fsp3) is 0.167. The molecule has 28 heavy (non-hydrogen) atoms. The summed E-state index contributed by atoms with van der Waals surface area (Å²) in [6, 6.07) is 9.00. The number of esters is 1. The van der Waals surface area contributed by atoms with Crippen molar-refractivity contribution in [2.45, 2.75) is 11.8 Å². The number of nitrogens with zero attached hydrogens (tertiary/aromatic N) is 1. The lowest BCUT2D eigenvalue weighted by Gasteiger charge is -2.16. The number of hydrogen-bond donors (Lipinski definition) is 2. The van der Waals surface area contributed by atoms with Crippen LogP contribution in [0.3, 0.4) is 0 Å². The summed E-state index contributed by atoms with van der Waals surface area (Å²) in [5.41, 5.74) is 1.29. The zero-order valence-electron chi connectivity index (χ0n) is 14.7. The van der Waals surface area contributed by atoms with E-state index in [1.54, 1.807) is 19.1 Å². The molecule has 2 aromatic carbocycles. The van der Waals surface area contributed by atoms with Crippen molar-refractivity contribution in [2.24, 2.45) is 0 Å². The molecule has 0 fully saturated rings. The van der Waals surface area contributed by atoms with Crippen molar-refractivity contribution in [3.8, 4) is 0 Å². The molecule has 0 spiro atoms. The highest BCUT2D eigenvalue weighted by Gasteiger charge is 2.19. The zero-order chi connectivity index (χ0) is 20.3. The molecule has 3 rings (SSSR count). The van der Waals surface area contributed by atoms with Crippen molar-refractivity contribution < 1.29 is 24.0 Å². The highest BCUT2D eigenvalue weighted by atomic mass is 32.2. The largest absolute Gasteiger partial charge is 0.452 e. The summed E-state index contributed by atoms with van der Waals surface area (Å²) in [5, 5.41) is 16.1. The molecule has 1 heterocycles. The molecule has 1 aliphatic heterocycles. The van der Waals surface area contributed by atoms with E-state index < -0.39 is 23.4 Å². The molecule has 1 aliphatic rings. The maximum absolute atomic E-state index is 12.1. The van der Waals surface area contributed by atoms with Gasteiger partial charge in [0.05, 0.1) is 21.9 Å². The van der Waals surface area contributed by atoms with E-state index in [0.717, 1.165) is 4.90 Å². The van der Waals surface area contributed by atoms with Gasteiger partial charge in [0.1, 0.15) is 0 Å². The highest BCUT2D eigenvalue weighted by Crippen LogP contribution is 2.32. The molecule has 9 nitrogen and oxygen atoms in total. The normalized spacial score (nSPS) is 12.5. The van der Waals surface area contributed by atoms with Crippen LogP contribution in [0.4, 0.5) is 17.1 Å². The van der Waals surface area contributed by atoms with Crippen LogP contribution in [-0.2, 0) is 14.3 Å². The Kier molecular flexibility index (Phi) is 5.59.